The molecule has 2 radical (unpaired) electrons. The normalized spacial score (nSPS) is 20.4. The molecule has 1 saturated heterocycles. The van der Waals surface area contributed by atoms with Crippen LogP contribution in [0.25, 0.3) is 0 Å². The van der Waals surface area contributed by atoms with Crippen LogP contribution in [0, 0.1) is 0 Å². The fourth-order valence-electron chi connectivity index (χ4n) is 0.593. The summed E-state index contributed by atoms with van der Waals surface area (Å²) in [5, 5.41) is 0. The summed E-state index contributed by atoms with van der Waals surface area (Å²) in [6.45, 7) is 0. The first-order valence-electron chi connectivity index (χ1n) is 2.93. The Bertz CT molecular complexity index is 126. The number of hydrogen-bond acceptors (Lipinski definition) is 4. The van der Waals surface area contributed by atoms with Gasteiger partial charge in [0.2, 0.25) is 0 Å². The number of carbonyl (C=O) groups excluding carboxylic acids is 2. The van der Waals surface area contributed by atoms with Gasteiger partial charge >= 0.3 is 71.3 Å². The summed E-state index contributed by atoms with van der Waals surface area (Å²) in [7, 11) is 0. The van der Waals surface area contributed by atoms with Crippen molar-refractivity contribution in [2.75, 3.05) is 0 Å². The molecule has 0 amide bonds. The van der Waals surface area contributed by atoms with Gasteiger partial charge in [-0.15, -0.1) is 0 Å². The molecule has 0 aromatic heterocycles. The molecular formula is C5H6O4Pb. The van der Waals surface area contributed by atoms with Gasteiger partial charge in [0.25, 0.3) is 0 Å². The van der Waals surface area contributed by atoms with Crippen molar-refractivity contribution < 1.29 is 15.0 Å². The maximum atomic E-state index is 10.6. The summed E-state index contributed by atoms with van der Waals surface area (Å²) >= 11 is -1.79. The Balaban J connectivity index is 2.34. The molecule has 1 rings (SSSR count). The molecule has 0 atom stereocenters. The average Bonchev–Trinajstić information content (AvgIpc) is 1.84. The Morgan fingerprint density at radius 3 is 2.10 bits per heavy atom. The number of hydrogen-bond donors (Lipinski definition) is 0. The van der Waals surface area contributed by atoms with Crippen molar-refractivity contribution in [2.45, 2.75) is 19.3 Å². The van der Waals surface area contributed by atoms with Crippen molar-refractivity contribution >= 4 is 37.1 Å². The molecule has 10 heavy (non-hydrogen) atoms. The predicted molar refractivity (Wildman–Crippen MR) is 31.8 cm³/mol. The van der Waals surface area contributed by atoms with E-state index in [0.717, 1.165) is 0 Å². The molecule has 5 heteroatoms. The van der Waals surface area contributed by atoms with Crippen molar-refractivity contribution in [3.05, 3.63) is 0 Å². The van der Waals surface area contributed by atoms with E-state index in [2.05, 4.69) is 5.37 Å². The average molecular weight is 337 g/mol. The van der Waals surface area contributed by atoms with Gasteiger partial charge in [-0.05, 0) is 0 Å². The first kappa shape index (κ1) is 7.96. The molecule has 0 N–H and O–H groups in total. The van der Waals surface area contributed by atoms with E-state index >= 15 is 0 Å². The van der Waals surface area contributed by atoms with Crippen LogP contribution in [0.4, 0.5) is 0 Å². The summed E-state index contributed by atoms with van der Waals surface area (Å²) in [4.78, 5) is 21.2. The van der Waals surface area contributed by atoms with Crippen LogP contribution in [-0.2, 0) is 15.0 Å². The molecule has 4 nitrogen and oxygen atoms in total. The van der Waals surface area contributed by atoms with Crippen LogP contribution in [0.1, 0.15) is 19.3 Å². The van der Waals surface area contributed by atoms with Crippen LogP contribution in [0.3, 0.4) is 0 Å². The molecule has 0 aromatic rings. The molecule has 54 valence electrons. The fraction of sp³-hybridized carbons (Fsp3) is 0.600. The second-order valence-corrected chi connectivity index (χ2v) is 4.12. The van der Waals surface area contributed by atoms with E-state index < -0.39 is 25.1 Å². The molecule has 1 heterocycles. The van der Waals surface area contributed by atoms with Gasteiger partial charge in [-0.1, -0.05) is 0 Å². The van der Waals surface area contributed by atoms with Gasteiger partial charge in [-0.3, -0.25) is 0 Å². The number of rotatable bonds is 0. The Hall–Kier alpha value is -0.138. The van der Waals surface area contributed by atoms with Crippen LogP contribution in [0.5, 0.6) is 0 Å². The fourth-order valence-corrected chi connectivity index (χ4v) is 2.27. The molecule has 1 fully saturated rings. The van der Waals surface area contributed by atoms with E-state index in [0.29, 0.717) is 19.3 Å². The summed E-state index contributed by atoms with van der Waals surface area (Å²) in [6, 6.07) is 0. The minimum absolute atomic E-state index is 0.212. The van der Waals surface area contributed by atoms with Gasteiger partial charge in [-0.2, -0.15) is 0 Å². The third kappa shape index (κ3) is 2.63. The molecular weight excluding hydrogens is 331 g/mol. The second-order valence-electron chi connectivity index (χ2n) is 1.89. The minimum atomic E-state index is -1.79. The molecule has 0 aromatic carbocycles. The van der Waals surface area contributed by atoms with E-state index in [4.69, 9.17) is 0 Å². The molecule has 0 unspecified atom stereocenters. The molecule has 1 aliphatic heterocycles. The first-order chi connectivity index (χ1) is 4.79. The van der Waals surface area contributed by atoms with Crippen molar-refractivity contribution in [1.29, 1.82) is 0 Å². The van der Waals surface area contributed by atoms with Crippen LogP contribution in [0.2, 0.25) is 0 Å². The van der Waals surface area contributed by atoms with Gasteiger partial charge < -0.3 is 0 Å². The number of carbonyl (C=O) groups is 2. The van der Waals surface area contributed by atoms with Crippen molar-refractivity contribution in [2.24, 2.45) is 0 Å². The van der Waals surface area contributed by atoms with Gasteiger partial charge in [0.05, 0.1) is 0 Å². The van der Waals surface area contributed by atoms with Gasteiger partial charge in [0.1, 0.15) is 0 Å². The zero-order valence-electron chi connectivity index (χ0n) is 5.25. The van der Waals surface area contributed by atoms with E-state index in [1.54, 1.807) is 0 Å². The van der Waals surface area contributed by atoms with Gasteiger partial charge in [0.15, 0.2) is 0 Å². The second kappa shape index (κ2) is 3.89. The third-order valence-corrected chi connectivity index (χ3v) is 3.49. The molecule has 0 bridgehead atoms. The summed E-state index contributed by atoms with van der Waals surface area (Å²) < 4.78 is 9.33. The zero-order valence-corrected chi connectivity index (χ0v) is 9.14. The Morgan fingerprint density at radius 2 is 1.60 bits per heavy atom. The predicted octanol–water partition coefficient (Wildman–Crippen LogP) is -0.209. The third-order valence-electron chi connectivity index (χ3n) is 1.07. The topological polar surface area (TPSA) is 52.6 Å². The summed E-state index contributed by atoms with van der Waals surface area (Å²) in [5.74, 6) is -0.424. The summed E-state index contributed by atoms with van der Waals surface area (Å²) in [5.41, 5.74) is 0. The van der Waals surface area contributed by atoms with Crippen molar-refractivity contribution in [1.82, 2.24) is 0 Å². The quantitative estimate of drug-likeness (QED) is 0.574. The van der Waals surface area contributed by atoms with Crippen LogP contribution < -0.4 is 0 Å². The van der Waals surface area contributed by atoms with Crippen LogP contribution >= 0.6 is 0 Å². The van der Waals surface area contributed by atoms with Crippen molar-refractivity contribution in [3.8, 4) is 0 Å². The standard InChI is InChI=1S/C5H8O4.Pb/c6-4(7)2-1-3-5(8)9;/h1-3H2,(H,6,7)(H,8,9);/q;+2/p-2. The van der Waals surface area contributed by atoms with Crippen LogP contribution in [0.15, 0.2) is 0 Å². The zero-order chi connectivity index (χ0) is 7.40. The van der Waals surface area contributed by atoms with Gasteiger partial charge in [0, 0.05) is 0 Å². The first-order valence-corrected chi connectivity index (χ1v) is 6.11. The Kier molecular flexibility index (Phi) is 3.10. The SMILES string of the molecule is O=C1CCCC(=O)[O][Pb][O]1. The molecule has 0 spiro atoms. The van der Waals surface area contributed by atoms with E-state index in [1.807, 2.05) is 0 Å². The Morgan fingerprint density at radius 1 is 1.10 bits per heavy atom. The van der Waals surface area contributed by atoms with Gasteiger partial charge in [-0.25, -0.2) is 0 Å². The molecule has 0 saturated carbocycles. The maximum absolute atomic E-state index is 10.6. The van der Waals surface area contributed by atoms with E-state index in [1.165, 1.54) is 0 Å². The van der Waals surface area contributed by atoms with Crippen molar-refractivity contribution in [3.63, 3.8) is 0 Å². The molecule has 1 aliphatic rings. The summed E-state index contributed by atoms with van der Waals surface area (Å²) in [6.07, 6.45) is 1.28. The van der Waals surface area contributed by atoms with E-state index in [9.17, 15) is 9.59 Å². The molecule has 0 aliphatic carbocycles. The van der Waals surface area contributed by atoms with E-state index in [-0.39, 0.29) is 11.9 Å². The monoisotopic (exact) mass is 338 g/mol. The Labute approximate surface area is 71.4 Å². The van der Waals surface area contributed by atoms with Crippen LogP contribution in [-0.4, -0.2) is 37.1 Å².